The summed E-state index contributed by atoms with van der Waals surface area (Å²) in [5.74, 6) is -4.70. The van der Waals surface area contributed by atoms with E-state index in [1.807, 2.05) is 0 Å². The number of rotatable bonds is 12. The lowest BCUT2D eigenvalue weighted by atomic mass is 9.81. The molecule has 0 spiro atoms. The van der Waals surface area contributed by atoms with Crippen molar-refractivity contribution in [2.45, 2.75) is 111 Å². The van der Waals surface area contributed by atoms with E-state index in [1.165, 1.54) is 41.5 Å². The first-order valence-corrected chi connectivity index (χ1v) is 13.7. The quantitative estimate of drug-likeness (QED) is 0.240. The Kier molecular flexibility index (Phi) is 12.9. The molecule has 0 radical (unpaired) electrons. The third kappa shape index (κ3) is 10.2. The Hall–Kier alpha value is -2.90. The maximum Gasteiger partial charge on any atom is 0.303 e. The van der Waals surface area contributed by atoms with Crippen LogP contribution in [0.4, 0.5) is 0 Å². The zero-order valence-corrected chi connectivity index (χ0v) is 24.9. The third-order valence-electron chi connectivity index (χ3n) is 7.13. The van der Waals surface area contributed by atoms with Gasteiger partial charge in [-0.3, -0.25) is 19.2 Å². The standard InChI is InChI=1S/C28H42O13/c1-13(29)9-21-16(4)37-24(12-36-18(6)32)27(26(21)39-20(8)34)41-28-22(10-14(2)30)25(38-19(7)33)15(3)23(40-28)11-35-17(5)31/h15-16,21-28H,9-12H2,1-8H3/t15-,16+,21?,22?,23?,24?,25+,26-,27-,28+/m1/s1. The normalized spacial score (nSPS) is 33.3. The Balaban J connectivity index is 2.57. The molecule has 13 nitrogen and oxygen atoms in total. The highest BCUT2D eigenvalue weighted by Gasteiger charge is 2.53. The van der Waals surface area contributed by atoms with Gasteiger partial charge in [-0.1, -0.05) is 6.92 Å². The Morgan fingerprint density at radius 2 is 1.07 bits per heavy atom. The molecule has 4 unspecified atom stereocenters. The van der Waals surface area contributed by atoms with E-state index in [-0.39, 0.29) is 37.6 Å². The van der Waals surface area contributed by atoms with E-state index >= 15 is 0 Å². The fourth-order valence-electron chi connectivity index (χ4n) is 5.40. The van der Waals surface area contributed by atoms with Gasteiger partial charge in [0.05, 0.1) is 12.0 Å². The Morgan fingerprint density at radius 3 is 1.56 bits per heavy atom. The Morgan fingerprint density at radius 1 is 0.585 bits per heavy atom. The van der Waals surface area contributed by atoms with Crippen LogP contribution in [-0.4, -0.2) is 91.6 Å². The number of Topliss-reactive ketones (excluding diaryl/α,β-unsaturated/α-hetero) is 2. The molecule has 0 aromatic carbocycles. The number of ether oxygens (including phenoxy) is 7. The van der Waals surface area contributed by atoms with E-state index in [1.54, 1.807) is 13.8 Å². The summed E-state index contributed by atoms with van der Waals surface area (Å²) in [5.41, 5.74) is 0. The Bertz CT molecular complexity index is 978. The maximum atomic E-state index is 12.3. The zero-order chi connectivity index (χ0) is 31.0. The van der Waals surface area contributed by atoms with E-state index in [9.17, 15) is 28.8 Å². The average molecular weight is 587 g/mol. The van der Waals surface area contributed by atoms with E-state index in [0.717, 1.165) is 0 Å². The number of carbonyl (C=O) groups is 6. The van der Waals surface area contributed by atoms with Gasteiger partial charge in [0.25, 0.3) is 0 Å². The summed E-state index contributed by atoms with van der Waals surface area (Å²) in [6.07, 6.45) is -6.70. The van der Waals surface area contributed by atoms with E-state index < -0.39 is 84.5 Å². The van der Waals surface area contributed by atoms with Gasteiger partial charge in [-0.15, -0.1) is 0 Å². The molecule has 0 bridgehead atoms. The highest BCUT2D eigenvalue weighted by atomic mass is 16.7. The second-order valence-corrected chi connectivity index (χ2v) is 10.8. The third-order valence-corrected chi connectivity index (χ3v) is 7.13. The Labute approximate surface area is 239 Å². The van der Waals surface area contributed by atoms with Crippen LogP contribution < -0.4 is 0 Å². The summed E-state index contributed by atoms with van der Waals surface area (Å²) in [7, 11) is 0. The van der Waals surface area contributed by atoms with Crippen LogP contribution in [0.15, 0.2) is 0 Å². The summed E-state index contributed by atoms with van der Waals surface area (Å²) < 4.78 is 40.5. The van der Waals surface area contributed by atoms with Crippen molar-refractivity contribution in [1.82, 2.24) is 0 Å². The molecule has 10 atom stereocenters. The number of hydrogen-bond donors (Lipinski definition) is 0. The molecule has 2 heterocycles. The van der Waals surface area contributed by atoms with Gasteiger partial charge in [-0.25, -0.2) is 0 Å². The topological polar surface area (TPSA) is 167 Å². The molecule has 0 amide bonds. The minimum Gasteiger partial charge on any atom is -0.463 e. The van der Waals surface area contributed by atoms with Gasteiger partial charge >= 0.3 is 23.9 Å². The molecule has 0 saturated carbocycles. The summed E-state index contributed by atoms with van der Waals surface area (Å²) in [6.45, 7) is 10.7. The molecule has 2 aliphatic rings. The van der Waals surface area contributed by atoms with E-state index in [0.29, 0.717) is 0 Å². The number of carbonyl (C=O) groups excluding carboxylic acids is 6. The first-order chi connectivity index (χ1) is 19.1. The van der Waals surface area contributed by atoms with Gasteiger partial charge in [0.1, 0.15) is 55.3 Å². The number of ketones is 2. The first kappa shape index (κ1) is 34.3. The molecule has 0 aromatic heterocycles. The van der Waals surface area contributed by atoms with Crippen molar-refractivity contribution in [3.05, 3.63) is 0 Å². The monoisotopic (exact) mass is 586 g/mol. The van der Waals surface area contributed by atoms with Crippen LogP contribution in [0.5, 0.6) is 0 Å². The van der Waals surface area contributed by atoms with Crippen LogP contribution in [-0.2, 0) is 61.9 Å². The van der Waals surface area contributed by atoms with Gasteiger partial charge in [0.2, 0.25) is 0 Å². The van der Waals surface area contributed by atoms with Crippen molar-refractivity contribution in [3.8, 4) is 0 Å². The first-order valence-electron chi connectivity index (χ1n) is 13.7. The predicted molar refractivity (Wildman–Crippen MR) is 139 cm³/mol. The highest BCUT2D eigenvalue weighted by Crippen LogP contribution is 2.40. The highest BCUT2D eigenvalue weighted by molar-refractivity contribution is 5.76. The summed E-state index contributed by atoms with van der Waals surface area (Å²) >= 11 is 0. The second kappa shape index (κ2) is 15.4. The predicted octanol–water partition coefficient (Wildman–Crippen LogP) is 1.70. The van der Waals surface area contributed by atoms with Crippen LogP contribution in [0.1, 0.15) is 68.2 Å². The lowest BCUT2D eigenvalue weighted by Crippen LogP contribution is -2.61. The largest absolute Gasteiger partial charge is 0.463 e. The molecule has 2 fully saturated rings. The molecular weight excluding hydrogens is 544 g/mol. The van der Waals surface area contributed by atoms with Crippen molar-refractivity contribution in [2.24, 2.45) is 17.8 Å². The molecule has 2 aliphatic heterocycles. The lowest BCUT2D eigenvalue weighted by molar-refractivity contribution is -0.323. The van der Waals surface area contributed by atoms with E-state index in [2.05, 4.69) is 0 Å². The minimum absolute atomic E-state index is 0.00381. The molecule has 0 aromatic rings. The summed E-state index contributed by atoms with van der Waals surface area (Å²) in [5, 5.41) is 0. The summed E-state index contributed by atoms with van der Waals surface area (Å²) in [4.78, 5) is 72.0. The number of hydrogen-bond acceptors (Lipinski definition) is 13. The van der Waals surface area contributed by atoms with Crippen LogP contribution in [0.3, 0.4) is 0 Å². The SMILES string of the molecule is CC(=O)CC1[C@H](O[C@@H]2C(COC(C)=O)O[C@@H](C)C(CC(C)=O)[C@H]2OC(C)=O)OC(COC(C)=O)[C@@H](C)[C@@H]1OC(C)=O. The smallest absolute Gasteiger partial charge is 0.303 e. The molecule has 2 saturated heterocycles. The molecular formula is C28H42O13. The molecule has 232 valence electrons. The molecule has 41 heavy (non-hydrogen) atoms. The van der Waals surface area contributed by atoms with Crippen LogP contribution in [0.2, 0.25) is 0 Å². The molecule has 0 aliphatic carbocycles. The molecule has 0 N–H and O–H groups in total. The van der Waals surface area contributed by atoms with E-state index in [4.69, 9.17) is 33.2 Å². The molecule has 13 heteroatoms. The fraction of sp³-hybridized carbons (Fsp3) is 0.786. The second-order valence-electron chi connectivity index (χ2n) is 10.8. The van der Waals surface area contributed by atoms with Crippen molar-refractivity contribution < 1.29 is 61.9 Å². The summed E-state index contributed by atoms with van der Waals surface area (Å²) in [6, 6.07) is 0. The van der Waals surface area contributed by atoms with Crippen LogP contribution in [0.25, 0.3) is 0 Å². The van der Waals surface area contributed by atoms with Gasteiger partial charge in [-0.2, -0.15) is 0 Å². The zero-order valence-electron chi connectivity index (χ0n) is 24.9. The maximum absolute atomic E-state index is 12.3. The average Bonchev–Trinajstić information content (AvgIpc) is 2.83. The number of esters is 4. The van der Waals surface area contributed by atoms with Gasteiger partial charge in [0, 0.05) is 52.4 Å². The minimum atomic E-state index is -1.24. The lowest BCUT2D eigenvalue weighted by Gasteiger charge is -2.49. The van der Waals surface area contributed by atoms with Crippen molar-refractivity contribution in [3.63, 3.8) is 0 Å². The van der Waals surface area contributed by atoms with Crippen molar-refractivity contribution >= 4 is 35.4 Å². The van der Waals surface area contributed by atoms with Crippen molar-refractivity contribution in [2.75, 3.05) is 13.2 Å². The molecule has 2 rings (SSSR count). The fourth-order valence-corrected chi connectivity index (χ4v) is 5.40. The van der Waals surface area contributed by atoms with Gasteiger partial charge in [-0.05, 0) is 20.8 Å². The van der Waals surface area contributed by atoms with Crippen molar-refractivity contribution in [1.29, 1.82) is 0 Å². The van der Waals surface area contributed by atoms with Crippen LogP contribution in [0, 0.1) is 17.8 Å². The van der Waals surface area contributed by atoms with Crippen LogP contribution >= 0.6 is 0 Å². The van der Waals surface area contributed by atoms with Gasteiger partial charge < -0.3 is 42.7 Å². The van der Waals surface area contributed by atoms with Gasteiger partial charge in [0.15, 0.2) is 6.29 Å².